The minimum absolute atomic E-state index is 0.0377. The number of fused-ring (bicyclic) bond motifs is 2. The van der Waals surface area contributed by atoms with E-state index >= 15 is 0 Å². The second-order valence-electron chi connectivity index (χ2n) is 5.44. The molecule has 1 N–H and O–H groups in total. The first-order chi connectivity index (χ1) is 9.69. The fraction of sp³-hybridized carbons (Fsp3) is 0.250. The lowest BCUT2D eigenvalue weighted by Crippen LogP contribution is -2.24. The molecule has 1 fully saturated rings. The molecule has 3 aromatic rings. The van der Waals surface area contributed by atoms with Crippen LogP contribution in [0.1, 0.15) is 28.1 Å². The zero-order valence-electron chi connectivity index (χ0n) is 11.1. The van der Waals surface area contributed by atoms with Gasteiger partial charge in [0.05, 0.1) is 10.4 Å². The van der Waals surface area contributed by atoms with Crippen molar-refractivity contribution in [3.63, 3.8) is 0 Å². The first-order valence-electron chi connectivity index (χ1n) is 6.81. The van der Waals surface area contributed by atoms with Crippen LogP contribution in [-0.4, -0.2) is 16.9 Å². The summed E-state index contributed by atoms with van der Waals surface area (Å²) in [4.78, 5) is 18.4. The Balaban J connectivity index is 1.81. The van der Waals surface area contributed by atoms with Gasteiger partial charge in [-0.1, -0.05) is 12.1 Å². The molecule has 0 radical (unpaired) electrons. The molecule has 4 heteroatoms. The van der Waals surface area contributed by atoms with Gasteiger partial charge in [-0.25, -0.2) is 4.98 Å². The van der Waals surface area contributed by atoms with Gasteiger partial charge in [0, 0.05) is 16.8 Å². The number of benzene rings is 1. The Morgan fingerprint density at radius 3 is 2.90 bits per heavy atom. The van der Waals surface area contributed by atoms with E-state index in [0.717, 1.165) is 38.8 Å². The van der Waals surface area contributed by atoms with Crippen LogP contribution in [0.3, 0.4) is 0 Å². The number of pyridine rings is 1. The van der Waals surface area contributed by atoms with Gasteiger partial charge in [-0.15, -0.1) is 11.3 Å². The van der Waals surface area contributed by atoms with Crippen LogP contribution in [0.25, 0.3) is 21.1 Å². The number of carbonyl (C=O) groups is 1. The number of nitrogens with one attached hydrogen (secondary N) is 1. The maximum Gasteiger partial charge on any atom is 0.261 e. The summed E-state index contributed by atoms with van der Waals surface area (Å²) in [7, 11) is 0. The van der Waals surface area contributed by atoms with E-state index in [1.54, 1.807) is 0 Å². The molecule has 0 aliphatic heterocycles. The van der Waals surface area contributed by atoms with E-state index in [0.29, 0.717) is 6.04 Å². The predicted octanol–water partition coefficient (Wildman–Crippen LogP) is 3.65. The molecule has 1 saturated carbocycles. The Morgan fingerprint density at radius 2 is 2.10 bits per heavy atom. The third-order valence-corrected chi connectivity index (χ3v) is 4.64. The van der Waals surface area contributed by atoms with Crippen LogP contribution in [-0.2, 0) is 0 Å². The molecule has 100 valence electrons. The van der Waals surface area contributed by atoms with Crippen molar-refractivity contribution in [3.05, 3.63) is 40.8 Å². The highest BCUT2D eigenvalue weighted by Gasteiger charge is 2.24. The Kier molecular flexibility index (Phi) is 2.54. The van der Waals surface area contributed by atoms with Crippen molar-refractivity contribution >= 4 is 38.4 Å². The molecular weight excluding hydrogens is 268 g/mol. The summed E-state index contributed by atoms with van der Waals surface area (Å²) in [5.41, 5.74) is 2.20. The van der Waals surface area contributed by atoms with E-state index in [9.17, 15) is 4.79 Å². The number of rotatable bonds is 2. The summed E-state index contributed by atoms with van der Waals surface area (Å²) in [5, 5.41) is 5.19. The normalized spacial score (nSPS) is 14.8. The Bertz CT molecular complexity index is 833. The molecule has 2 heterocycles. The highest BCUT2D eigenvalue weighted by molar-refractivity contribution is 7.20. The summed E-state index contributed by atoms with van der Waals surface area (Å²) in [5.74, 6) is 0.0377. The molecular formula is C16H14N2OS. The van der Waals surface area contributed by atoms with Gasteiger partial charge in [-0.3, -0.25) is 4.79 Å². The van der Waals surface area contributed by atoms with Gasteiger partial charge >= 0.3 is 0 Å². The number of hydrogen-bond donors (Lipinski definition) is 1. The van der Waals surface area contributed by atoms with E-state index in [2.05, 4.69) is 41.5 Å². The van der Waals surface area contributed by atoms with Crippen LogP contribution < -0.4 is 5.32 Å². The van der Waals surface area contributed by atoms with Gasteiger partial charge in [0.2, 0.25) is 0 Å². The van der Waals surface area contributed by atoms with Crippen LogP contribution in [0.15, 0.2) is 30.3 Å². The van der Waals surface area contributed by atoms with Crippen molar-refractivity contribution < 1.29 is 4.79 Å². The molecule has 20 heavy (non-hydrogen) atoms. The Morgan fingerprint density at radius 1 is 1.25 bits per heavy atom. The maximum absolute atomic E-state index is 12.1. The average molecular weight is 282 g/mol. The van der Waals surface area contributed by atoms with Crippen molar-refractivity contribution in [2.45, 2.75) is 25.8 Å². The molecule has 4 rings (SSSR count). The quantitative estimate of drug-likeness (QED) is 0.779. The Hall–Kier alpha value is -1.94. The van der Waals surface area contributed by atoms with Crippen LogP contribution in [0.4, 0.5) is 0 Å². The molecule has 0 bridgehead atoms. The topological polar surface area (TPSA) is 42.0 Å². The van der Waals surface area contributed by atoms with Gasteiger partial charge < -0.3 is 5.32 Å². The predicted molar refractivity (Wildman–Crippen MR) is 82.4 cm³/mol. The van der Waals surface area contributed by atoms with Gasteiger partial charge in [-0.05, 0) is 43.5 Å². The van der Waals surface area contributed by atoms with Crippen molar-refractivity contribution in [1.82, 2.24) is 10.3 Å². The minimum atomic E-state index is 0.0377. The number of amides is 1. The van der Waals surface area contributed by atoms with Crippen molar-refractivity contribution in [1.29, 1.82) is 0 Å². The fourth-order valence-corrected chi connectivity index (χ4v) is 3.26. The average Bonchev–Trinajstić information content (AvgIpc) is 3.13. The zero-order valence-corrected chi connectivity index (χ0v) is 12.0. The molecule has 0 spiro atoms. The lowest BCUT2D eigenvalue weighted by Gasteiger charge is -1.98. The molecule has 0 atom stereocenters. The molecule has 2 aromatic heterocycles. The standard InChI is InChI=1S/C16H14N2OS/c1-9-2-3-10-7-11-8-14(15(19)17-12-4-5-12)20-16(11)18-13(10)6-9/h2-3,6-8,12H,4-5H2,1H3,(H,17,19). The number of carbonyl (C=O) groups excluding carboxylic acids is 1. The fourth-order valence-electron chi connectivity index (χ4n) is 2.33. The number of hydrogen-bond acceptors (Lipinski definition) is 3. The highest BCUT2D eigenvalue weighted by atomic mass is 32.1. The van der Waals surface area contributed by atoms with E-state index < -0.39 is 0 Å². The lowest BCUT2D eigenvalue weighted by atomic mass is 10.1. The molecule has 1 aliphatic carbocycles. The molecule has 1 aliphatic rings. The summed E-state index contributed by atoms with van der Waals surface area (Å²) >= 11 is 1.47. The first kappa shape index (κ1) is 11.9. The van der Waals surface area contributed by atoms with E-state index in [1.807, 2.05) is 6.07 Å². The van der Waals surface area contributed by atoms with Crippen molar-refractivity contribution in [3.8, 4) is 0 Å². The van der Waals surface area contributed by atoms with Crippen LogP contribution in [0.2, 0.25) is 0 Å². The molecule has 0 unspecified atom stereocenters. The maximum atomic E-state index is 12.1. The number of thiophene rings is 1. The molecule has 3 nitrogen and oxygen atoms in total. The van der Waals surface area contributed by atoms with Crippen LogP contribution in [0.5, 0.6) is 0 Å². The van der Waals surface area contributed by atoms with Crippen LogP contribution in [0, 0.1) is 6.92 Å². The van der Waals surface area contributed by atoms with E-state index in [1.165, 1.54) is 16.9 Å². The van der Waals surface area contributed by atoms with E-state index in [-0.39, 0.29) is 5.91 Å². The van der Waals surface area contributed by atoms with Gasteiger partial charge in [0.1, 0.15) is 4.83 Å². The second-order valence-corrected chi connectivity index (χ2v) is 6.47. The minimum Gasteiger partial charge on any atom is -0.349 e. The number of aryl methyl sites for hydroxylation is 1. The summed E-state index contributed by atoms with van der Waals surface area (Å²) in [6.45, 7) is 2.06. The third kappa shape index (κ3) is 2.06. The van der Waals surface area contributed by atoms with Gasteiger partial charge in [0.15, 0.2) is 0 Å². The van der Waals surface area contributed by atoms with Gasteiger partial charge in [0.25, 0.3) is 5.91 Å². The lowest BCUT2D eigenvalue weighted by molar-refractivity contribution is 0.0955. The van der Waals surface area contributed by atoms with E-state index in [4.69, 9.17) is 0 Å². The largest absolute Gasteiger partial charge is 0.349 e. The summed E-state index contributed by atoms with van der Waals surface area (Å²) in [6.07, 6.45) is 2.22. The highest BCUT2D eigenvalue weighted by Crippen LogP contribution is 2.28. The zero-order chi connectivity index (χ0) is 13.7. The third-order valence-electron chi connectivity index (χ3n) is 3.60. The molecule has 0 saturated heterocycles. The van der Waals surface area contributed by atoms with Crippen molar-refractivity contribution in [2.24, 2.45) is 0 Å². The smallest absolute Gasteiger partial charge is 0.261 e. The molecule has 1 aromatic carbocycles. The monoisotopic (exact) mass is 282 g/mol. The van der Waals surface area contributed by atoms with Crippen LogP contribution >= 0.6 is 11.3 Å². The second kappa shape index (κ2) is 4.28. The SMILES string of the molecule is Cc1ccc2cc3cc(C(=O)NC4CC4)sc3nc2c1. The van der Waals surface area contributed by atoms with Gasteiger partial charge in [-0.2, -0.15) is 0 Å². The number of nitrogens with zero attached hydrogens (tertiary/aromatic N) is 1. The molecule has 1 amide bonds. The Labute approximate surface area is 120 Å². The summed E-state index contributed by atoms with van der Waals surface area (Å²) in [6, 6.07) is 10.7. The first-order valence-corrected chi connectivity index (χ1v) is 7.62. The number of aromatic nitrogens is 1. The van der Waals surface area contributed by atoms with Crippen molar-refractivity contribution in [2.75, 3.05) is 0 Å². The summed E-state index contributed by atoms with van der Waals surface area (Å²) < 4.78 is 0.